The number of ether oxygens (including phenoxy) is 3. The minimum atomic E-state index is -0.165. The smallest absolute Gasteiger partial charge is 0.305 e. The van der Waals surface area contributed by atoms with E-state index in [9.17, 15) is 4.79 Å². The molecule has 4 heteroatoms. The van der Waals surface area contributed by atoms with Crippen LogP contribution < -0.4 is 9.47 Å². The fraction of sp³-hybridized carbons (Fsp3) is 0.353. The largest absolute Gasteiger partial charge is 0.493 e. The molecule has 0 radical (unpaired) electrons. The molecule has 0 aliphatic heterocycles. The summed E-state index contributed by atoms with van der Waals surface area (Å²) in [4.78, 5) is 11.1. The lowest BCUT2D eigenvalue weighted by molar-refractivity contribution is -0.140. The average Bonchev–Trinajstić information content (AvgIpc) is 2.53. The highest BCUT2D eigenvalue weighted by atomic mass is 16.5. The first-order valence-corrected chi connectivity index (χ1v) is 6.89. The van der Waals surface area contributed by atoms with Gasteiger partial charge in [-0.15, -0.1) is 0 Å². The highest BCUT2D eigenvalue weighted by Gasteiger charge is 2.07. The molecular weight excluding hydrogens is 268 g/mol. The van der Waals surface area contributed by atoms with Crippen molar-refractivity contribution in [1.29, 1.82) is 0 Å². The van der Waals surface area contributed by atoms with Gasteiger partial charge in [-0.2, -0.15) is 0 Å². The molecular formula is C17H20O4. The van der Waals surface area contributed by atoms with E-state index in [-0.39, 0.29) is 5.97 Å². The molecule has 0 fully saturated rings. The first kappa shape index (κ1) is 15.2. The van der Waals surface area contributed by atoms with Crippen molar-refractivity contribution in [3.8, 4) is 11.5 Å². The summed E-state index contributed by atoms with van der Waals surface area (Å²) >= 11 is 0. The van der Waals surface area contributed by atoms with Crippen molar-refractivity contribution in [2.24, 2.45) is 0 Å². The van der Waals surface area contributed by atoms with Crippen LogP contribution in [0.5, 0.6) is 11.5 Å². The van der Waals surface area contributed by atoms with Crippen molar-refractivity contribution in [3.63, 3.8) is 0 Å². The third-order valence-corrected chi connectivity index (χ3v) is 3.48. The number of benzene rings is 2. The predicted octanol–water partition coefficient (Wildman–Crippen LogP) is 3.35. The number of methoxy groups -OCH3 is 3. The van der Waals surface area contributed by atoms with Crippen molar-refractivity contribution in [2.75, 3.05) is 21.3 Å². The van der Waals surface area contributed by atoms with Gasteiger partial charge in [0.2, 0.25) is 0 Å². The number of fused-ring (bicyclic) bond motifs is 1. The highest BCUT2D eigenvalue weighted by molar-refractivity contribution is 5.86. The van der Waals surface area contributed by atoms with Crippen LogP contribution in [0.25, 0.3) is 10.8 Å². The summed E-state index contributed by atoms with van der Waals surface area (Å²) in [7, 11) is 4.67. The molecule has 2 rings (SSSR count). The van der Waals surface area contributed by atoms with Crippen LogP contribution in [0.2, 0.25) is 0 Å². The lowest BCUT2D eigenvalue weighted by Crippen LogP contribution is -2.00. The summed E-state index contributed by atoms with van der Waals surface area (Å²) in [5.74, 6) is 1.28. The van der Waals surface area contributed by atoms with Gasteiger partial charge in [-0.25, -0.2) is 0 Å². The number of carbonyl (C=O) groups is 1. The Balaban J connectivity index is 2.18. The Hall–Kier alpha value is -2.23. The summed E-state index contributed by atoms with van der Waals surface area (Å²) in [5, 5.41) is 2.20. The van der Waals surface area contributed by atoms with Crippen molar-refractivity contribution in [3.05, 3.63) is 35.9 Å². The van der Waals surface area contributed by atoms with Gasteiger partial charge >= 0.3 is 5.97 Å². The molecule has 0 N–H and O–H groups in total. The quantitative estimate of drug-likeness (QED) is 0.765. The van der Waals surface area contributed by atoms with Gasteiger partial charge < -0.3 is 14.2 Å². The number of esters is 1. The molecule has 0 amide bonds. The minimum absolute atomic E-state index is 0.165. The Labute approximate surface area is 124 Å². The zero-order chi connectivity index (χ0) is 15.2. The molecule has 0 unspecified atom stereocenters. The lowest BCUT2D eigenvalue weighted by Gasteiger charge is -2.10. The molecule has 0 bridgehead atoms. The summed E-state index contributed by atoms with van der Waals surface area (Å²) < 4.78 is 15.3. The molecule has 0 heterocycles. The molecule has 0 atom stereocenters. The van der Waals surface area contributed by atoms with Crippen LogP contribution in [-0.4, -0.2) is 27.3 Å². The number of hydrogen-bond donors (Lipinski definition) is 0. The Morgan fingerprint density at radius 2 is 1.62 bits per heavy atom. The standard InChI is InChI=1S/C17H20O4/c1-19-15-10-13-8-7-12(5-4-6-17(18)21-3)9-14(13)11-16(15)20-2/h7-11H,4-6H2,1-3H3. The fourth-order valence-electron chi connectivity index (χ4n) is 2.32. The first-order valence-electron chi connectivity index (χ1n) is 6.89. The van der Waals surface area contributed by atoms with E-state index >= 15 is 0 Å². The van der Waals surface area contributed by atoms with Crippen LogP contribution in [0, 0.1) is 0 Å². The third-order valence-electron chi connectivity index (χ3n) is 3.48. The van der Waals surface area contributed by atoms with E-state index in [0.29, 0.717) is 6.42 Å². The fourth-order valence-corrected chi connectivity index (χ4v) is 2.32. The third kappa shape index (κ3) is 3.66. The van der Waals surface area contributed by atoms with Crippen molar-refractivity contribution in [2.45, 2.75) is 19.3 Å². The van der Waals surface area contributed by atoms with Crippen LogP contribution in [0.1, 0.15) is 18.4 Å². The first-order chi connectivity index (χ1) is 10.2. The van der Waals surface area contributed by atoms with Crippen LogP contribution in [0.15, 0.2) is 30.3 Å². The summed E-state index contributed by atoms with van der Waals surface area (Å²) in [6, 6.07) is 10.2. The van der Waals surface area contributed by atoms with Crippen molar-refractivity contribution in [1.82, 2.24) is 0 Å². The van der Waals surface area contributed by atoms with E-state index in [1.165, 1.54) is 12.7 Å². The van der Waals surface area contributed by atoms with Gasteiger partial charge in [0.15, 0.2) is 11.5 Å². The predicted molar refractivity (Wildman–Crippen MR) is 82.0 cm³/mol. The van der Waals surface area contributed by atoms with Crippen LogP contribution >= 0.6 is 0 Å². The topological polar surface area (TPSA) is 44.8 Å². The SMILES string of the molecule is COC(=O)CCCc1ccc2cc(OC)c(OC)cc2c1. The molecule has 4 nitrogen and oxygen atoms in total. The van der Waals surface area contributed by atoms with Crippen molar-refractivity contribution < 1.29 is 19.0 Å². The maximum atomic E-state index is 11.1. The molecule has 0 aromatic heterocycles. The van der Waals surface area contributed by atoms with E-state index in [2.05, 4.69) is 22.9 Å². The zero-order valence-corrected chi connectivity index (χ0v) is 12.6. The molecule has 112 valence electrons. The lowest BCUT2D eigenvalue weighted by atomic mass is 10.0. The molecule has 21 heavy (non-hydrogen) atoms. The van der Waals surface area contributed by atoms with E-state index in [0.717, 1.165) is 35.1 Å². The Kier molecular flexibility index (Phi) is 5.04. The van der Waals surface area contributed by atoms with Crippen LogP contribution in [-0.2, 0) is 16.0 Å². The van der Waals surface area contributed by atoms with Gasteiger partial charge in [0.1, 0.15) is 0 Å². The van der Waals surface area contributed by atoms with E-state index in [1.54, 1.807) is 14.2 Å². The number of aryl methyl sites for hydroxylation is 1. The van der Waals surface area contributed by atoms with Gasteiger partial charge in [-0.1, -0.05) is 18.2 Å². The second-order valence-corrected chi connectivity index (χ2v) is 4.82. The number of rotatable bonds is 6. The second-order valence-electron chi connectivity index (χ2n) is 4.82. The van der Waals surface area contributed by atoms with E-state index in [1.807, 2.05) is 12.1 Å². The number of carbonyl (C=O) groups excluding carboxylic acids is 1. The Morgan fingerprint density at radius 3 is 2.24 bits per heavy atom. The number of hydrogen-bond acceptors (Lipinski definition) is 4. The van der Waals surface area contributed by atoms with Gasteiger partial charge in [0, 0.05) is 6.42 Å². The van der Waals surface area contributed by atoms with Crippen LogP contribution in [0.4, 0.5) is 0 Å². The average molecular weight is 288 g/mol. The Bertz CT molecular complexity index is 634. The van der Waals surface area contributed by atoms with Crippen molar-refractivity contribution >= 4 is 16.7 Å². The zero-order valence-electron chi connectivity index (χ0n) is 12.6. The van der Waals surface area contributed by atoms with Gasteiger partial charge in [0.05, 0.1) is 21.3 Å². The molecule has 2 aromatic rings. The normalized spacial score (nSPS) is 10.4. The van der Waals surface area contributed by atoms with E-state index in [4.69, 9.17) is 9.47 Å². The van der Waals surface area contributed by atoms with Crippen LogP contribution in [0.3, 0.4) is 0 Å². The summed E-state index contributed by atoms with van der Waals surface area (Å²) in [5.41, 5.74) is 1.19. The van der Waals surface area contributed by atoms with E-state index < -0.39 is 0 Å². The summed E-state index contributed by atoms with van der Waals surface area (Å²) in [6.45, 7) is 0. The Morgan fingerprint density at radius 1 is 0.952 bits per heavy atom. The second kappa shape index (κ2) is 6.97. The highest BCUT2D eigenvalue weighted by Crippen LogP contribution is 2.32. The maximum Gasteiger partial charge on any atom is 0.305 e. The molecule has 0 spiro atoms. The molecule has 2 aromatic carbocycles. The molecule has 0 aliphatic rings. The monoisotopic (exact) mass is 288 g/mol. The van der Waals surface area contributed by atoms with Gasteiger partial charge in [0.25, 0.3) is 0 Å². The summed E-state index contributed by atoms with van der Waals surface area (Å²) in [6.07, 6.45) is 2.07. The minimum Gasteiger partial charge on any atom is -0.493 e. The van der Waals surface area contributed by atoms with Gasteiger partial charge in [-0.3, -0.25) is 4.79 Å². The maximum absolute atomic E-state index is 11.1. The van der Waals surface area contributed by atoms with Gasteiger partial charge in [-0.05, 0) is 41.3 Å². The molecule has 0 saturated carbocycles. The molecule has 0 saturated heterocycles. The molecule has 0 aliphatic carbocycles.